The average molecular weight is 451 g/mol. The van der Waals surface area contributed by atoms with Crippen LogP contribution in [0, 0.1) is 19.3 Å². The molecule has 1 heterocycles. The molecule has 1 aliphatic rings. The van der Waals surface area contributed by atoms with Crippen molar-refractivity contribution in [3.05, 3.63) is 52.6 Å². The molecule has 2 aromatic carbocycles. The highest BCUT2D eigenvalue weighted by molar-refractivity contribution is 8.00. The molecule has 1 N–H and O–H groups in total. The van der Waals surface area contributed by atoms with Crippen LogP contribution < -0.4 is 10.2 Å². The second kappa shape index (κ2) is 8.77. The highest BCUT2D eigenvalue weighted by atomic mass is 32.2. The number of hydrogen-bond donors (Lipinski definition) is 1. The molecule has 1 amide bonds. The maximum Gasteiger partial charge on any atom is 0.446 e. The van der Waals surface area contributed by atoms with Gasteiger partial charge < -0.3 is 10.2 Å². The first kappa shape index (κ1) is 23.5. The summed E-state index contributed by atoms with van der Waals surface area (Å²) in [6, 6.07) is 9.15. The molecule has 168 valence electrons. The number of thioether (sulfide) groups is 1. The normalized spacial score (nSPS) is 14.4. The summed E-state index contributed by atoms with van der Waals surface area (Å²) in [5, 5.41) is 3.05. The van der Waals surface area contributed by atoms with Crippen LogP contribution in [0.1, 0.15) is 49.4 Å². The summed E-state index contributed by atoms with van der Waals surface area (Å²) in [4.78, 5) is 14.9. The molecule has 2 aromatic rings. The van der Waals surface area contributed by atoms with E-state index in [9.17, 15) is 18.0 Å². The number of anilines is 2. The van der Waals surface area contributed by atoms with E-state index in [4.69, 9.17) is 0 Å². The second-order valence-electron chi connectivity index (χ2n) is 9.39. The van der Waals surface area contributed by atoms with Crippen LogP contribution in [0.4, 0.5) is 24.5 Å². The molecular weight excluding hydrogens is 421 g/mol. The fourth-order valence-electron chi connectivity index (χ4n) is 3.93. The minimum absolute atomic E-state index is 0.00545. The Kier molecular flexibility index (Phi) is 6.65. The van der Waals surface area contributed by atoms with Crippen molar-refractivity contribution in [2.75, 3.05) is 16.8 Å². The van der Waals surface area contributed by atoms with Crippen LogP contribution in [0.5, 0.6) is 0 Å². The van der Waals surface area contributed by atoms with Gasteiger partial charge in [0.2, 0.25) is 5.91 Å². The van der Waals surface area contributed by atoms with E-state index >= 15 is 0 Å². The van der Waals surface area contributed by atoms with Gasteiger partial charge in [0.05, 0.1) is 0 Å². The number of carbonyl (C=O) groups excluding carboxylic acids is 1. The smallest absolute Gasteiger partial charge is 0.367 e. The van der Waals surface area contributed by atoms with E-state index in [0.717, 1.165) is 40.2 Å². The number of fused-ring (bicyclic) bond motifs is 1. The van der Waals surface area contributed by atoms with Gasteiger partial charge in [0.15, 0.2) is 0 Å². The van der Waals surface area contributed by atoms with Crippen molar-refractivity contribution < 1.29 is 18.0 Å². The van der Waals surface area contributed by atoms with E-state index in [-0.39, 0.29) is 28.0 Å². The predicted molar refractivity (Wildman–Crippen MR) is 122 cm³/mol. The molecule has 0 aliphatic carbocycles. The van der Waals surface area contributed by atoms with Crippen LogP contribution in [-0.2, 0) is 17.8 Å². The average Bonchev–Trinajstić information content (AvgIpc) is 2.61. The molecule has 31 heavy (non-hydrogen) atoms. The Hall–Kier alpha value is -2.15. The van der Waals surface area contributed by atoms with Gasteiger partial charge in [0, 0.05) is 35.8 Å². The van der Waals surface area contributed by atoms with E-state index in [1.54, 1.807) is 18.2 Å². The number of rotatable bonds is 4. The molecule has 0 radical (unpaired) electrons. The first-order chi connectivity index (χ1) is 14.3. The Balaban J connectivity index is 1.75. The molecule has 3 rings (SSSR count). The molecule has 0 atom stereocenters. The van der Waals surface area contributed by atoms with Crippen molar-refractivity contribution >= 4 is 29.0 Å². The van der Waals surface area contributed by atoms with Gasteiger partial charge in [-0.25, -0.2) is 0 Å². The Morgan fingerprint density at radius 3 is 2.29 bits per heavy atom. The van der Waals surface area contributed by atoms with Crippen molar-refractivity contribution in [3.8, 4) is 0 Å². The fraction of sp³-hybridized carbons (Fsp3) is 0.458. The van der Waals surface area contributed by atoms with Gasteiger partial charge in [0.25, 0.3) is 0 Å². The Labute approximate surface area is 186 Å². The van der Waals surface area contributed by atoms with Gasteiger partial charge in [-0.3, -0.25) is 4.79 Å². The summed E-state index contributed by atoms with van der Waals surface area (Å²) in [5.41, 5.74) is 1.59. The number of nitrogens with one attached hydrogen (secondary N) is 1. The molecule has 0 aromatic heterocycles. The molecule has 0 saturated heterocycles. The number of hydrogen-bond acceptors (Lipinski definition) is 3. The third kappa shape index (κ3) is 6.42. The van der Waals surface area contributed by atoms with Crippen molar-refractivity contribution in [1.29, 1.82) is 0 Å². The van der Waals surface area contributed by atoms with Gasteiger partial charge in [0.1, 0.15) is 0 Å². The molecule has 0 bridgehead atoms. The number of alkyl halides is 3. The van der Waals surface area contributed by atoms with Crippen molar-refractivity contribution in [1.82, 2.24) is 0 Å². The van der Waals surface area contributed by atoms with Gasteiger partial charge in [-0.2, -0.15) is 13.2 Å². The van der Waals surface area contributed by atoms with Crippen molar-refractivity contribution in [2.45, 2.75) is 64.4 Å². The largest absolute Gasteiger partial charge is 0.446 e. The number of amides is 1. The monoisotopic (exact) mass is 450 g/mol. The topological polar surface area (TPSA) is 32.3 Å². The quantitative estimate of drug-likeness (QED) is 0.517. The number of aryl methyl sites for hydroxylation is 2. The zero-order valence-corrected chi connectivity index (χ0v) is 19.4. The lowest BCUT2D eigenvalue weighted by Gasteiger charge is -2.32. The third-order valence-corrected chi connectivity index (χ3v) is 5.98. The van der Waals surface area contributed by atoms with Crippen LogP contribution in [0.25, 0.3) is 0 Å². The zero-order valence-electron chi connectivity index (χ0n) is 18.6. The lowest BCUT2D eigenvalue weighted by Crippen LogP contribution is -2.30. The molecule has 0 saturated carbocycles. The maximum atomic E-state index is 12.7. The van der Waals surface area contributed by atoms with E-state index in [0.29, 0.717) is 19.4 Å². The summed E-state index contributed by atoms with van der Waals surface area (Å²) < 4.78 is 38.0. The minimum Gasteiger partial charge on any atom is -0.367 e. The maximum absolute atomic E-state index is 12.7. The van der Waals surface area contributed by atoms with Crippen molar-refractivity contribution in [3.63, 3.8) is 0 Å². The Morgan fingerprint density at radius 1 is 1.06 bits per heavy atom. The molecule has 3 nitrogen and oxygen atoms in total. The van der Waals surface area contributed by atoms with Crippen LogP contribution in [0.15, 0.2) is 35.2 Å². The van der Waals surface area contributed by atoms with E-state index < -0.39 is 5.51 Å². The predicted octanol–water partition coefficient (Wildman–Crippen LogP) is 6.85. The SMILES string of the molecule is Cc1cc(N2CCc3cc(SC(F)(F)F)ccc3C2)cc(C)c1NC(=O)CC(C)(C)C. The molecule has 0 spiro atoms. The van der Waals surface area contributed by atoms with Crippen LogP contribution in [0.2, 0.25) is 0 Å². The third-order valence-electron chi connectivity index (χ3n) is 5.26. The number of nitrogens with zero attached hydrogens (tertiary/aromatic N) is 1. The Morgan fingerprint density at radius 2 is 1.71 bits per heavy atom. The second-order valence-corrected chi connectivity index (χ2v) is 10.5. The molecular formula is C24H29F3N2OS. The molecule has 0 unspecified atom stereocenters. The summed E-state index contributed by atoms with van der Waals surface area (Å²) in [6.45, 7) is 11.5. The van der Waals surface area contributed by atoms with Crippen LogP contribution in [0.3, 0.4) is 0 Å². The highest BCUT2D eigenvalue weighted by Gasteiger charge is 2.30. The number of halogens is 3. The first-order valence-corrected chi connectivity index (χ1v) is 11.2. The highest BCUT2D eigenvalue weighted by Crippen LogP contribution is 2.38. The van der Waals surface area contributed by atoms with Crippen molar-refractivity contribution in [2.24, 2.45) is 5.41 Å². The lowest BCUT2D eigenvalue weighted by molar-refractivity contribution is -0.117. The summed E-state index contributed by atoms with van der Waals surface area (Å²) in [7, 11) is 0. The Bertz CT molecular complexity index is 957. The zero-order chi connectivity index (χ0) is 23.0. The summed E-state index contributed by atoms with van der Waals surface area (Å²) >= 11 is -0.0639. The lowest BCUT2D eigenvalue weighted by atomic mass is 9.92. The van der Waals surface area contributed by atoms with Crippen LogP contribution >= 0.6 is 11.8 Å². The standard InChI is InChI=1S/C24H29F3N2OS/c1-15-10-19(11-16(2)22(15)28-21(30)13-23(3,4)5)29-9-8-17-12-20(31-24(25,26)27)7-6-18(17)14-29/h6-7,10-12H,8-9,13-14H2,1-5H3,(H,28,30). The van der Waals surface area contributed by atoms with Gasteiger partial charge in [-0.1, -0.05) is 26.8 Å². The molecule has 7 heteroatoms. The number of benzene rings is 2. The van der Waals surface area contributed by atoms with E-state index in [2.05, 4.69) is 22.3 Å². The summed E-state index contributed by atoms with van der Waals surface area (Å²) in [5.74, 6) is 0.00545. The summed E-state index contributed by atoms with van der Waals surface area (Å²) in [6.07, 6.45) is 1.15. The molecule has 0 fully saturated rings. The first-order valence-electron chi connectivity index (χ1n) is 10.3. The van der Waals surface area contributed by atoms with Gasteiger partial charge >= 0.3 is 5.51 Å². The minimum atomic E-state index is -4.27. The van der Waals surface area contributed by atoms with E-state index in [1.807, 2.05) is 34.6 Å². The van der Waals surface area contributed by atoms with Gasteiger partial charge in [-0.05, 0) is 84.0 Å². The number of carbonyl (C=O) groups is 1. The fourth-order valence-corrected chi connectivity index (χ4v) is 4.54. The van der Waals surface area contributed by atoms with Crippen LogP contribution in [-0.4, -0.2) is 18.0 Å². The molecule has 1 aliphatic heterocycles. The van der Waals surface area contributed by atoms with E-state index in [1.165, 1.54) is 0 Å². The van der Waals surface area contributed by atoms with Gasteiger partial charge in [-0.15, -0.1) is 0 Å².